The lowest BCUT2D eigenvalue weighted by molar-refractivity contribution is 0.0925. The SMILES string of the molecule is COc1ccc(OC)c(CCNC(=O)c2cnc(C)o2)c1. The lowest BCUT2D eigenvalue weighted by Gasteiger charge is -2.10. The number of carbonyl (C=O) groups is 1. The molecule has 0 saturated heterocycles. The van der Waals surface area contributed by atoms with Crippen molar-refractivity contribution >= 4 is 5.91 Å². The van der Waals surface area contributed by atoms with Crippen molar-refractivity contribution in [3.63, 3.8) is 0 Å². The number of aromatic nitrogens is 1. The zero-order valence-corrected chi connectivity index (χ0v) is 12.3. The Morgan fingerprint density at radius 2 is 2.14 bits per heavy atom. The van der Waals surface area contributed by atoms with Crippen LogP contribution in [0.15, 0.2) is 28.8 Å². The molecule has 0 aliphatic rings. The Kier molecular flexibility index (Phi) is 4.81. The van der Waals surface area contributed by atoms with E-state index in [9.17, 15) is 4.79 Å². The molecule has 0 fully saturated rings. The normalized spacial score (nSPS) is 10.2. The topological polar surface area (TPSA) is 73.6 Å². The maximum atomic E-state index is 11.8. The van der Waals surface area contributed by atoms with Gasteiger partial charge in [0.15, 0.2) is 5.89 Å². The van der Waals surface area contributed by atoms with Crippen LogP contribution in [-0.4, -0.2) is 31.7 Å². The Morgan fingerprint density at radius 3 is 2.76 bits per heavy atom. The fraction of sp³-hybridized carbons (Fsp3) is 0.333. The molecule has 1 aromatic heterocycles. The van der Waals surface area contributed by atoms with Gasteiger partial charge in [0.2, 0.25) is 5.76 Å². The molecule has 0 atom stereocenters. The molecule has 1 N–H and O–H groups in total. The summed E-state index contributed by atoms with van der Waals surface area (Å²) in [6.45, 7) is 2.15. The summed E-state index contributed by atoms with van der Waals surface area (Å²) in [5.74, 6) is 1.92. The van der Waals surface area contributed by atoms with Gasteiger partial charge in [0, 0.05) is 13.5 Å². The van der Waals surface area contributed by atoms with Crippen LogP contribution in [0.2, 0.25) is 0 Å². The third-order valence-corrected chi connectivity index (χ3v) is 3.01. The van der Waals surface area contributed by atoms with Crippen molar-refractivity contribution in [2.75, 3.05) is 20.8 Å². The summed E-state index contributed by atoms with van der Waals surface area (Å²) in [5, 5.41) is 2.78. The first-order chi connectivity index (χ1) is 10.1. The molecule has 21 heavy (non-hydrogen) atoms. The summed E-state index contributed by atoms with van der Waals surface area (Å²) >= 11 is 0. The molecule has 0 aliphatic carbocycles. The maximum Gasteiger partial charge on any atom is 0.288 e. The monoisotopic (exact) mass is 290 g/mol. The lowest BCUT2D eigenvalue weighted by Crippen LogP contribution is -2.25. The third kappa shape index (κ3) is 3.75. The fourth-order valence-corrected chi connectivity index (χ4v) is 1.94. The molecule has 6 heteroatoms. The van der Waals surface area contributed by atoms with Crippen LogP contribution in [0, 0.1) is 6.92 Å². The van der Waals surface area contributed by atoms with Gasteiger partial charge in [-0.3, -0.25) is 4.79 Å². The quantitative estimate of drug-likeness (QED) is 0.880. The molecular formula is C15H18N2O4. The number of aryl methyl sites for hydroxylation is 1. The van der Waals surface area contributed by atoms with Gasteiger partial charge in [0.1, 0.15) is 11.5 Å². The number of nitrogens with one attached hydrogen (secondary N) is 1. The van der Waals surface area contributed by atoms with Gasteiger partial charge in [0.25, 0.3) is 5.91 Å². The molecule has 2 rings (SSSR count). The molecule has 0 saturated carbocycles. The average Bonchev–Trinajstić information content (AvgIpc) is 2.93. The average molecular weight is 290 g/mol. The fourth-order valence-electron chi connectivity index (χ4n) is 1.94. The van der Waals surface area contributed by atoms with Crippen LogP contribution in [0.1, 0.15) is 22.0 Å². The molecule has 0 radical (unpaired) electrons. The van der Waals surface area contributed by atoms with Crippen LogP contribution >= 0.6 is 0 Å². The van der Waals surface area contributed by atoms with Crippen LogP contribution < -0.4 is 14.8 Å². The predicted octanol–water partition coefficient (Wildman–Crippen LogP) is 1.97. The predicted molar refractivity (Wildman–Crippen MR) is 76.8 cm³/mol. The van der Waals surface area contributed by atoms with Crippen molar-refractivity contribution in [2.24, 2.45) is 0 Å². The first-order valence-electron chi connectivity index (χ1n) is 6.55. The van der Waals surface area contributed by atoms with Gasteiger partial charge in [0.05, 0.1) is 20.4 Å². The zero-order valence-electron chi connectivity index (χ0n) is 12.3. The zero-order chi connectivity index (χ0) is 15.2. The number of methoxy groups -OCH3 is 2. The maximum absolute atomic E-state index is 11.8. The van der Waals surface area contributed by atoms with E-state index in [1.807, 2.05) is 18.2 Å². The number of rotatable bonds is 6. The van der Waals surface area contributed by atoms with Gasteiger partial charge in [-0.1, -0.05) is 0 Å². The molecule has 0 aliphatic heterocycles. The third-order valence-electron chi connectivity index (χ3n) is 3.01. The minimum Gasteiger partial charge on any atom is -0.497 e. The van der Waals surface area contributed by atoms with E-state index in [4.69, 9.17) is 13.9 Å². The largest absolute Gasteiger partial charge is 0.497 e. The number of oxazole rings is 1. The summed E-state index contributed by atoms with van der Waals surface area (Å²) < 4.78 is 15.6. The molecule has 1 heterocycles. The molecular weight excluding hydrogens is 272 g/mol. The molecule has 1 amide bonds. The van der Waals surface area contributed by atoms with E-state index in [0.29, 0.717) is 18.9 Å². The van der Waals surface area contributed by atoms with Crippen molar-refractivity contribution in [1.29, 1.82) is 0 Å². The Balaban J connectivity index is 1.95. The summed E-state index contributed by atoms with van der Waals surface area (Å²) in [7, 11) is 3.22. The highest BCUT2D eigenvalue weighted by atomic mass is 16.5. The molecule has 0 spiro atoms. The van der Waals surface area contributed by atoms with Gasteiger partial charge in [-0.25, -0.2) is 4.98 Å². The number of amides is 1. The van der Waals surface area contributed by atoms with Gasteiger partial charge in [-0.05, 0) is 30.2 Å². The summed E-state index contributed by atoms with van der Waals surface area (Å²) in [5.41, 5.74) is 0.964. The van der Waals surface area contributed by atoms with Crippen molar-refractivity contribution < 1.29 is 18.7 Å². The number of benzene rings is 1. The highest BCUT2D eigenvalue weighted by Crippen LogP contribution is 2.24. The van der Waals surface area contributed by atoms with Gasteiger partial charge < -0.3 is 19.2 Å². The highest BCUT2D eigenvalue weighted by Gasteiger charge is 2.11. The number of ether oxygens (including phenoxy) is 2. The Labute approximate surface area is 123 Å². The second-order valence-electron chi connectivity index (χ2n) is 4.43. The van der Waals surface area contributed by atoms with Crippen LogP contribution in [-0.2, 0) is 6.42 Å². The van der Waals surface area contributed by atoms with E-state index in [1.54, 1.807) is 21.1 Å². The standard InChI is InChI=1S/C15H18N2O4/c1-10-17-9-14(21-10)15(18)16-7-6-11-8-12(19-2)4-5-13(11)20-3/h4-5,8-9H,6-7H2,1-3H3,(H,16,18). The van der Waals surface area contributed by atoms with E-state index in [1.165, 1.54) is 6.20 Å². The van der Waals surface area contributed by atoms with Crippen LogP contribution in [0.4, 0.5) is 0 Å². The minimum atomic E-state index is -0.280. The molecule has 1 aromatic carbocycles. The molecule has 2 aromatic rings. The van der Waals surface area contributed by atoms with Crippen molar-refractivity contribution in [3.05, 3.63) is 41.6 Å². The van der Waals surface area contributed by atoms with E-state index < -0.39 is 0 Å². The lowest BCUT2D eigenvalue weighted by atomic mass is 10.1. The molecule has 0 unspecified atom stereocenters. The second kappa shape index (κ2) is 6.78. The van der Waals surface area contributed by atoms with Gasteiger partial charge in [-0.15, -0.1) is 0 Å². The molecule has 112 valence electrons. The van der Waals surface area contributed by atoms with Gasteiger partial charge in [-0.2, -0.15) is 0 Å². The Hall–Kier alpha value is -2.50. The number of hydrogen-bond donors (Lipinski definition) is 1. The first kappa shape index (κ1) is 14.9. The van der Waals surface area contributed by atoms with Crippen LogP contribution in [0.3, 0.4) is 0 Å². The summed E-state index contributed by atoms with van der Waals surface area (Å²) in [4.78, 5) is 15.7. The summed E-state index contributed by atoms with van der Waals surface area (Å²) in [6.07, 6.45) is 2.04. The first-order valence-corrected chi connectivity index (χ1v) is 6.55. The Bertz CT molecular complexity index is 622. The van der Waals surface area contributed by atoms with Crippen LogP contribution in [0.25, 0.3) is 0 Å². The smallest absolute Gasteiger partial charge is 0.288 e. The highest BCUT2D eigenvalue weighted by molar-refractivity contribution is 5.91. The number of nitrogens with zero attached hydrogens (tertiary/aromatic N) is 1. The van der Waals surface area contributed by atoms with Crippen LogP contribution in [0.5, 0.6) is 11.5 Å². The number of hydrogen-bond acceptors (Lipinski definition) is 5. The van der Waals surface area contributed by atoms with Crippen molar-refractivity contribution in [3.8, 4) is 11.5 Å². The van der Waals surface area contributed by atoms with Crippen molar-refractivity contribution in [1.82, 2.24) is 10.3 Å². The van der Waals surface area contributed by atoms with E-state index >= 15 is 0 Å². The number of carbonyl (C=O) groups excluding carboxylic acids is 1. The molecule has 0 bridgehead atoms. The molecule has 6 nitrogen and oxygen atoms in total. The van der Waals surface area contributed by atoms with E-state index in [-0.39, 0.29) is 11.7 Å². The Morgan fingerprint density at radius 1 is 1.33 bits per heavy atom. The van der Waals surface area contributed by atoms with Gasteiger partial charge >= 0.3 is 0 Å². The van der Waals surface area contributed by atoms with E-state index in [2.05, 4.69) is 10.3 Å². The second-order valence-corrected chi connectivity index (χ2v) is 4.43. The van der Waals surface area contributed by atoms with E-state index in [0.717, 1.165) is 17.1 Å². The minimum absolute atomic E-state index is 0.213. The van der Waals surface area contributed by atoms with Crippen molar-refractivity contribution in [2.45, 2.75) is 13.3 Å². The summed E-state index contributed by atoms with van der Waals surface area (Å²) in [6, 6.07) is 5.57.